The van der Waals surface area contributed by atoms with Crippen LogP contribution in [0.1, 0.15) is 23.2 Å². The van der Waals surface area contributed by atoms with Crippen LogP contribution in [0.3, 0.4) is 0 Å². The number of amides is 1. The van der Waals surface area contributed by atoms with Crippen molar-refractivity contribution in [3.63, 3.8) is 0 Å². The van der Waals surface area contributed by atoms with Crippen LogP contribution in [-0.2, 0) is 4.74 Å². The number of nitrogens with zero attached hydrogens (tertiary/aromatic N) is 3. The van der Waals surface area contributed by atoms with Gasteiger partial charge in [0.25, 0.3) is 5.91 Å². The maximum absolute atomic E-state index is 12.1. The fourth-order valence-electron chi connectivity index (χ4n) is 2.04. The molecule has 1 aromatic heterocycles. The molecule has 0 spiro atoms. The lowest BCUT2D eigenvalue weighted by Crippen LogP contribution is -2.41. The van der Waals surface area contributed by atoms with E-state index in [0.29, 0.717) is 5.56 Å². The molecule has 1 amide bonds. The Morgan fingerprint density at radius 3 is 2.83 bits per heavy atom. The fourth-order valence-corrected chi connectivity index (χ4v) is 2.22. The number of carbonyl (C=O) groups is 1. The van der Waals surface area contributed by atoms with E-state index in [1.165, 1.54) is 6.20 Å². The van der Waals surface area contributed by atoms with Gasteiger partial charge < -0.3 is 9.64 Å². The molecule has 0 N–H and O–H groups in total. The zero-order valence-electron chi connectivity index (χ0n) is 10.1. The van der Waals surface area contributed by atoms with Crippen LogP contribution in [0.5, 0.6) is 0 Å². The molecule has 0 radical (unpaired) electrons. The minimum Gasteiger partial charge on any atom is -0.377 e. The molecule has 2 heterocycles. The highest BCUT2D eigenvalue weighted by molar-refractivity contribution is 9.09. The fraction of sp³-hybridized carbons (Fsp3) is 0.583. The Morgan fingerprint density at radius 1 is 1.44 bits per heavy atom. The van der Waals surface area contributed by atoms with Crippen molar-refractivity contribution in [2.75, 3.05) is 25.0 Å². The summed E-state index contributed by atoms with van der Waals surface area (Å²) in [4.78, 5) is 14.0. The number of carbonyl (C=O) groups excluding carboxylic acids is 1. The molecule has 0 saturated carbocycles. The monoisotopic (exact) mass is 313 g/mol. The van der Waals surface area contributed by atoms with Gasteiger partial charge in [0, 0.05) is 18.4 Å². The highest BCUT2D eigenvalue weighted by Crippen LogP contribution is 2.16. The first-order chi connectivity index (χ1) is 8.81. The Hall–Kier alpha value is -1.01. The lowest BCUT2D eigenvalue weighted by molar-refractivity contribution is 0.0160. The number of ether oxygens (including phenoxy) is 1. The van der Waals surface area contributed by atoms with Crippen LogP contribution in [0.4, 0.5) is 0 Å². The minimum atomic E-state index is 0.0313. The number of piperidine rings is 1. The molecular formula is C12H16BrN3O2. The second-order valence-corrected chi connectivity index (χ2v) is 4.98. The molecule has 98 valence electrons. The molecule has 6 heteroatoms. The lowest BCUT2D eigenvalue weighted by atomic mass is 10.1. The molecule has 1 fully saturated rings. The van der Waals surface area contributed by atoms with E-state index in [2.05, 4.69) is 26.1 Å². The van der Waals surface area contributed by atoms with E-state index in [1.54, 1.807) is 12.3 Å². The van der Waals surface area contributed by atoms with E-state index in [4.69, 9.17) is 4.74 Å². The number of likely N-dealkylation sites (tertiary alicyclic amines) is 1. The van der Waals surface area contributed by atoms with Crippen LogP contribution >= 0.6 is 15.9 Å². The third kappa shape index (κ3) is 3.49. The van der Waals surface area contributed by atoms with Crippen molar-refractivity contribution in [3.8, 4) is 0 Å². The molecule has 1 aliphatic rings. The normalized spacial score (nSPS) is 16.8. The Balaban J connectivity index is 1.84. The van der Waals surface area contributed by atoms with Gasteiger partial charge in [-0.3, -0.25) is 4.79 Å². The molecule has 1 aliphatic heterocycles. The standard InChI is InChI=1S/C12H16BrN3O2/c13-4-8-18-11-2-6-16(7-3-11)12(17)10-1-5-14-15-9-10/h1,5,9,11H,2-4,6-8H2. The van der Waals surface area contributed by atoms with Crippen LogP contribution < -0.4 is 0 Å². The summed E-state index contributed by atoms with van der Waals surface area (Å²) in [6.45, 7) is 2.22. The third-order valence-electron chi connectivity index (χ3n) is 2.99. The van der Waals surface area contributed by atoms with Gasteiger partial charge in [-0.15, -0.1) is 0 Å². The van der Waals surface area contributed by atoms with E-state index in [0.717, 1.165) is 37.9 Å². The van der Waals surface area contributed by atoms with Crippen molar-refractivity contribution in [2.24, 2.45) is 0 Å². The van der Waals surface area contributed by atoms with Crippen LogP contribution in [0.25, 0.3) is 0 Å². The molecule has 2 rings (SSSR count). The van der Waals surface area contributed by atoms with E-state index in [-0.39, 0.29) is 12.0 Å². The Labute approximate surface area is 115 Å². The van der Waals surface area contributed by atoms with Crippen molar-refractivity contribution in [2.45, 2.75) is 18.9 Å². The Kier molecular flexibility index (Phi) is 5.07. The second kappa shape index (κ2) is 6.80. The van der Waals surface area contributed by atoms with Crippen molar-refractivity contribution in [1.29, 1.82) is 0 Å². The molecule has 5 nitrogen and oxygen atoms in total. The predicted octanol–water partition coefficient (Wildman–Crippen LogP) is 1.49. The molecule has 0 aliphatic carbocycles. The number of hydrogen-bond acceptors (Lipinski definition) is 4. The van der Waals surface area contributed by atoms with Gasteiger partial charge in [-0.2, -0.15) is 10.2 Å². The third-order valence-corrected chi connectivity index (χ3v) is 3.31. The quantitative estimate of drug-likeness (QED) is 0.790. The van der Waals surface area contributed by atoms with Crippen molar-refractivity contribution in [3.05, 3.63) is 24.0 Å². The van der Waals surface area contributed by atoms with Crippen LogP contribution in [0, 0.1) is 0 Å². The van der Waals surface area contributed by atoms with Crippen molar-refractivity contribution >= 4 is 21.8 Å². The summed E-state index contributed by atoms with van der Waals surface area (Å²) in [5, 5.41) is 8.26. The molecule has 0 bridgehead atoms. The predicted molar refractivity (Wildman–Crippen MR) is 70.7 cm³/mol. The number of rotatable bonds is 4. The SMILES string of the molecule is O=C(c1ccnnc1)N1CCC(OCCBr)CC1. The summed E-state index contributed by atoms with van der Waals surface area (Å²) < 4.78 is 5.66. The molecular weight excluding hydrogens is 298 g/mol. The summed E-state index contributed by atoms with van der Waals surface area (Å²) in [6, 6.07) is 1.70. The first kappa shape index (κ1) is 13.4. The van der Waals surface area contributed by atoms with Crippen LogP contribution in [0.2, 0.25) is 0 Å². The first-order valence-electron chi connectivity index (χ1n) is 6.05. The van der Waals surface area contributed by atoms with Crippen LogP contribution in [-0.4, -0.2) is 52.1 Å². The van der Waals surface area contributed by atoms with Crippen LogP contribution in [0.15, 0.2) is 18.5 Å². The highest BCUT2D eigenvalue weighted by atomic mass is 79.9. The summed E-state index contributed by atoms with van der Waals surface area (Å²) in [5.41, 5.74) is 0.602. The van der Waals surface area contributed by atoms with Gasteiger partial charge >= 0.3 is 0 Å². The summed E-state index contributed by atoms with van der Waals surface area (Å²) in [6.07, 6.45) is 5.13. The van der Waals surface area contributed by atoms with Gasteiger partial charge in [0.15, 0.2) is 0 Å². The van der Waals surface area contributed by atoms with Gasteiger partial charge in [-0.25, -0.2) is 0 Å². The van der Waals surface area contributed by atoms with Gasteiger partial charge in [0.05, 0.1) is 30.7 Å². The van der Waals surface area contributed by atoms with Crippen molar-refractivity contribution < 1.29 is 9.53 Å². The maximum atomic E-state index is 12.1. The Bertz CT molecular complexity index is 380. The zero-order valence-corrected chi connectivity index (χ0v) is 11.7. The molecule has 1 saturated heterocycles. The average Bonchev–Trinajstić information content (AvgIpc) is 2.46. The molecule has 1 aromatic rings. The highest BCUT2D eigenvalue weighted by Gasteiger charge is 2.23. The van der Waals surface area contributed by atoms with Gasteiger partial charge in [-0.1, -0.05) is 15.9 Å². The minimum absolute atomic E-state index is 0.0313. The molecule has 18 heavy (non-hydrogen) atoms. The van der Waals surface area contributed by atoms with Gasteiger partial charge in [-0.05, 0) is 18.9 Å². The van der Waals surface area contributed by atoms with E-state index in [9.17, 15) is 4.79 Å². The lowest BCUT2D eigenvalue weighted by Gasteiger charge is -2.31. The molecule has 0 atom stereocenters. The average molecular weight is 314 g/mol. The largest absolute Gasteiger partial charge is 0.377 e. The van der Waals surface area contributed by atoms with E-state index in [1.807, 2.05) is 4.90 Å². The number of aromatic nitrogens is 2. The van der Waals surface area contributed by atoms with E-state index >= 15 is 0 Å². The number of halogens is 1. The van der Waals surface area contributed by atoms with E-state index < -0.39 is 0 Å². The summed E-state index contributed by atoms with van der Waals surface area (Å²) >= 11 is 3.34. The molecule has 0 aromatic carbocycles. The van der Waals surface area contributed by atoms with Crippen molar-refractivity contribution in [1.82, 2.24) is 15.1 Å². The first-order valence-corrected chi connectivity index (χ1v) is 7.17. The molecule has 0 unspecified atom stereocenters. The summed E-state index contributed by atoms with van der Waals surface area (Å²) in [7, 11) is 0. The Morgan fingerprint density at radius 2 is 2.22 bits per heavy atom. The summed E-state index contributed by atoms with van der Waals surface area (Å²) in [5.74, 6) is 0.0313. The number of hydrogen-bond donors (Lipinski definition) is 0. The van der Waals surface area contributed by atoms with Gasteiger partial charge in [0.1, 0.15) is 0 Å². The maximum Gasteiger partial charge on any atom is 0.255 e. The zero-order chi connectivity index (χ0) is 12.8. The van der Waals surface area contributed by atoms with Gasteiger partial charge in [0.2, 0.25) is 0 Å². The number of alkyl halides is 1. The topological polar surface area (TPSA) is 55.3 Å². The second-order valence-electron chi connectivity index (χ2n) is 4.18. The smallest absolute Gasteiger partial charge is 0.255 e.